The first-order valence-electron chi connectivity index (χ1n) is 29.6. The Labute approximate surface area is 423 Å². The average molecular weight is 985 g/mol. The van der Waals surface area contributed by atoms with Gasteiger partial charge in [0.25, 0.3) is 0 Å². The van der Waals surface area contributed by atoms with E-state index in [0.717, 1.165) is 51.4 Å². The molecule has 1 aliphatic heterocycles. The van der Waals surface area contributed by atoms with Gasteiger partial charge in [0, 0.05) is 0 Å². The number of allylic oxidation sites excluding steroid dienone is 2. The molecule has 0 radical (unpaired) electrons. The fourth-order valence-corrected chi connectivity index (χ4v) is 9.73. The largest absolute Gasteiger partial charge is 0.394 e. The van der Waals surface area contributed by atoms with Crippen molar-refractivity contribution in [3.05, 3.63) is 12.2 Å². The van der Waals surface area contributed by atoms with Gasteiger partial charge in [-0.25, -0.2) is 0 Å². The topological polar surface area (TPSA) is 189 Å². The van der Waals surface area contributed by atoms with Gasteiger partial charge in [0.15, 0.2) is 6.29 Å². The lowest BCUT2D eigenvalue weighted by Crippen LogP contribution is -2.60. The maximum absolute atomic E-state index is 13.2. The van der Waals surface area contributed by atoms with Crippen LogP contribution in [0.15, 0.2) is 12.2 Å². The van der Waals surface area contributed by atoms with Crippen LogP contribution in [0.1, 0.15) is 284 Å². The summed E-state index contributed by atoms with van der Waals surface area (Å²) in [5.41, 5.74) is 0. The molecule has 9 unspecified atom stereocenters. The number of nitrogens with one attached hydrogen (secondary N) is 1. The third-order valence-electron chi connectivity index (χ3n) is 14.6. The molecule has 8 N–H and O–H groups in total. The monoisotopic (exact) mass is 984 g/mol. The number of hydrogen-bond acceptors (Lipinski definition) is 10. The number of amides is 1. The third-order valence-corrected chi connectivity index (χ3v) is 14.6. The summed E-state index contributed by atoms with van der Waals surface area (Å²) in [6.45, 7) is 3.49. The van der Waals surface area contributed by atoms with Crippen LogP contribution in [0, 0.1) is 0 Å². The van der Waals surface area contributed by atoms with Crippen LogP contribution in [0.4, 0.5) is 0 Å². The lowest BCUT2D eigenvalue weighted by molar-refractivity contribution is -0.303. The Morgan fingerprint density at radius 3 is 1.22 bits per heavy atom. The number of aliphatic hydroxyl groups excluding tert-OH is 7. The van der Waals surface area contributed by atoms with E-state index in [9.17, 15) is 40.5 Å². The summed E-state index contributed by atoms with van der Waals surface area (Å²) in [6.07, 6.45) is 44.0. The Kier molecular flexibility index (Phi) is 45.7. The average Bonchev–Trinajstić information content (AvgIpc) is 3.35. The van der Waals surface area contributed by atoms with Crippen LogP contribution in [-0.2, 0) is 14.3 Å². The quantitative estimate of drug-likeness (QED) is 0.0215. The predicted molar refractivity (Wildman–Crippen MR) is 284 cm³/mol. The van der Waals surface area contributed by atoms with E-state index >= 15 is 0 Å². The van der Waals surface area contributed by atoms with Gasteiger partial charge in [-0.2, -0.15) is 0 Å². The summed E-state index contributed by atoms with van der Waals surface area (Å²) in [5.74, 6) is -0.697. The molecule has 410 valence electrons. The first-order valence-corrected chi connectivity index (χ1v) is 29.6. The molecule has 0 aromatic rings. The molecule has 0 aromatic carbocycles. The summed E-state index contributed by atoms with van der Waals surface area (Å²) in [4.78, 5) is 13.2. The van der Waals surface area contributed by atoms with Crippen molar-refractivity contribution in [2.24, 2.45) is 0 Å². The van der Waals surface area contributed by atoms with Gasteiger partial charge in [-0.1, -0.05) is 257 Å². The molecule has 0 aromatic heterocycles. The summed E-state index contributed by atoms with van der Waals surface area (Å²) in [6, 6.07) is -1.17. The molecule has 1 aliphatic rings. The fourth-order valence-electron chi connectivity index (χ4n) is 9.73. The van der Waals surface area contributed by atoms with Crippen LogP contribution >= 0.6 is 0 Å². The van der Waals surface area contributed by atoms with Gasteiger partial charge in [0.05, 0.1) is 25.4 Å². The van der Waals surface area contributed by atoms with Crippen LogP contribution in [0.25, 0.3) is 0 Å². The second-order valence-corrected chi connectivity index (χ2v) is 21.1. The van der Waals surface area contributed by atoms with Crippen molar-refractivity contribution in [2.75, 3.05) is 13.2 Å². The molecule has 1 rings (SSSR count). The molecule has 69 heavy (non-hydrogen) atoms. The van der Waals surface area contributed by atoms with E-state index < -0.39 is 74.2 Å². The number of unbranched alkanes of at least 4 members (excludes halogenated alkanes) is 37. The third kappa shape index (κ3) is 36.4. The Morgan fingerprint density at radius 1 is 0.493 bits per heavy atom. The van der Waals surface area contributed by atoms with E-state index in [-0.39, 0.29) is 6.42 Å². The molecule has 0 aliphatic carbocycles. The second kappa shape index (κ2) is 47.8. The van der Waals surface area contributed by atoms with Crippen molar-refractivity contribution in [3.8, 4) is 0 Å². The molecule has 1 heterocycles. The molecule has 9 atom stereocenters. The van der Waals surface area contributed by atoms with Crippen LogP contribution in [0.3, 0.4) is 0 Å². The van der Waals surface area contributed by atoms with E-state index in [1.807, 2.05) is 0 Å². The molecule has 0 spiro atoms. The first-order chi connectivity index (χ1) is 33.7. The van der Waals surface area contributed by atoms with Crippen LogP contribution in [0.2, 0.25) is 0 Å². The molecule has 1 saturated heterocycles. The van der Waals surface area contributed by atoms with Crippen molar-refractivity contribution in [2.45, 2.75) is 339 Å². The molecular weight excluding hydrogens is 871 g/mol. The summed E-state index contributed by atoms with van der Waals surface area (Å²) in [7, 11) is 0. The number of ether oxygens (including phenoxy) is 2. The highest BCUT2D eigenvalue weighted by atomic mass is 16.7. The molecule has 0 saturated carbocycles. The van der Waals surface area contributed by atoms with Gasteiger partial charge in [-0.15, -0.1) is 0 Å². The van der Waals surface area contributed by atoms with E-state index in [1.165, 1.54) is 193 Å². The van der Waals surface area contributed by atoms with Crippen LogP contribution in [0.5, 0.6) is 0 Å². The predicted octanol–water partition coefficient (Wildman–Crippen LogP) is 12.4. The van der Waals surface area contributed by atoms with Crippen molar-refractivity contribution < 1.29 is 50.0 Å². The van der Waals surface area contributed by atoms with E-state index in [2.05, 4.69) is 31.3 Å². The Balaban J connectivity index is 2.31. The van der Waals surface area contributed by atoms with Crippen molar-refractivity contribution >= 4 is 5.91 Å². The van der Waals surface area contributed by atoms with Crippen LogP contribution < -0.4 is 5.32 Å². The highest BCUT2D eigenvalue weighted by Crippen LogP contribution is 2.24. The highest BCUT2D eigenvalue weighted by molar-refractivity contribution is 5.80. The van der Waals surface area contributed by atoms with Gasteiger partial charge in [0.1, 0.15) is 36.6 Å². The first kappa shape index (κ1) is 65.9. The standard InChI is InChI=1S/C58H113NO10/c1-3-5-7-9-11-13-15-17-19-21-23-25-27-29-31-33-35-37-39-41-43-45-50(61)53(63)49(48-68-58-56(66)55(65)54(64)52(47-60)69-58)59-57(67)51(62)46-44-42-40-38-36-34-32-30-28-26-24-22-20-18-16-14-12-10-8-6-4-2/h28,30,49-56,58,60-66H,3-27,29,31-48H2,1-2H3,(H,59,67)/b30-28-. The summed E-state index contributed by atoms with van der Waals surface area (Å²) >= 11 is 0. The van der Waals surface area contributed by atoms with Gasteiger partial charge in [0.2, 0.25) is 5.91 Å². The zero-order valence-corrected chi connectivity index (χ0v) is 44.8. The normalized spacial score (nSPS) is 20.4. The molecule has 0 bridgehead atoms. The van der Waals surface area contributed by atoms with Gasteiger partial charge < -0.3 is 50.5 Å². The number of hydrogen-bond donors (Lipinski definition) is 8. The minimum absolute atomic E-state index is 0.256. The molecule has 11 nitrogen and oxygen atoms in total. The number of carbonyl (C=O) groups is 1. The van der Waals surface area contributed by atoms with E-state index in [0.29, 0.717) is 19.3 Å². The lowest BCUT2D eigenvalue weighted by atomic mass is 9.98. The molecule has 11 heteroatoms. The Morgan fingerprint density at radius 2 is 0.841 bits per heavy atom. The van der Waals surface area contributed by atoms with Crippen LogP contribution in [-0.4, -0.2) is 110 Å². The maximum Gasteiger partial charge on any atom is 0.249 e. The minimum Gasteiger partial charge on any atom is -0.394 e. The van der Waals surface area contributed by atoms with E-state index in [1.54, 1.807) is 0 Å². The zero-order chi connectivity index (χ0) is 50.4. The summed E-state index contributed by atoms with van der Waals surface area (Å²) < 4.78 is 11.2. The lowest BCUT2D eigenvalue weighted by Gasteiger charge is -2.40. The van der Waals surface area contributed by atoms with Gasteiger partial charge >= 0.3 is 0 Å². The number of rotatable bonds is 51. The number of aliphatic hydroxyl groups is 7. The van der Waals surface area contributed by atoms with Crippen molar-refractivity contribution in [3.63, 3.8) is 0 Å². The SMILES string of the molecule is CCCCCCCCCCCCC/C=C\CCCCCCCCC(O)C(=O)NC(COC1OC(CO)C(O)C(O)C1O)C(O)C(O)CCCCCCCCCCCCCCCCCCCCCCC. The summed E-state index contributed by atoms with van der Waals surface area (Å²) in [5, 5.41) is 76.2. The second-order valence-electron chi connectivity index (χ2n) is 21.1. The fraction of sp³-hybridized carbons (Fsp3) is 0.948. The smallest absolute Gasteiger partial charge is 0.249 e. The van der Waals surface area contributed by atoms with E-state index in [4.69, 9.17) is 9.47 Å². The van der Waals surface area contributed by atoms with Gasteiger partial charge in [-0.05, 0) is 38.5 Å². The maximum atomic E-state index is 13.2. The Bertz CT molecular complexity index is 1130. The minimum atomic E-state index is -1.66. The molecule has 1 amide bonds. The highest BCUT2D eigenvalue weighted by Gasteiger charge is 2.44. The molecule has 1 fully saturated rings. The van der Waals surface area contributed by atoms with Crippen molar-refractivity contribution in [1.82, 2.24) is 5.32 Å². The van der Waals surface area contributed by atoms with Crippen molar-refractivity contribution in [1.29, 1.82) is 0 Å². The zero-order valence-electron chi connectivity index (χ0n) is 44.8. The van der Waals surface area contributed by atoms with Gasteiger partial charge in [-0.3, -0.25) is 4.79 Å². The number of carbonyl (C=O) groups excluding carboxylic acids is 1. The Hall–Kier alpha value is -1.15. The molecular formula is C58H113NO10.